The van der Waals surface area contributed by atoms with Crippen molar-refractivity contribution in [2.45, 2.75) is 40.0 Å². The second-order valence-corrected chi connectivity index (χ2v) is 5.52. The third kappa shape index (κ3) is 5.26. The first-order valence-corrected chi connectivity index (χ1v) is 8.23. The Bertz CT molecular complexity index is 629. The van der Waals surface area contributed by atoms with Crippen LogP contribution in [0.5, 0.6) is 5.75 Å². The number of urea groups is 1. The van der Waals surface area contributed by atoms with Crippen molar-refractivity contribution >= 4 is 6.03 Å². The van der Waals surface area contributed by atoms with Crippen LogP contribution in [0.3, 0.4) is 0 Å². The van der Waals surface area contributed by atoms with Gasteiger partial charge in [0.15, 0.2) is 0 Å². The van der Waals surface area contributed by atoms with E-state index in [1.165, 1.54) is 0 Å². The van der Waals surface area contributed by atoms with Gasteiger partial charge in [-0.05, 0) is 32.9 Å². The van der Waals surface area contributed by atoms with Crippen LogP contribution in [0.15, 0.2) is 36.9 Å². The molecule has 7 nitrogen and oxygen atoms in total. The van der Waals surface area contributed by atoms with E-state index in [-0.39, 0.29) is 12.1 Å². The lowest BCUT2D eigenvalue weighted by atomic mass is 10.3. The van der Waals surface area contributed by atoms with Crippen molar-refractivity contribution < 1.29 is 9.53 Å². The minimum absolute atomic E-state index is 0.108. The van der Waals surface area contributed by atoms with Gasteiger partial charge in [-0.1, -0.05) is 0 Å². The third-order valence-electron chi connectivity index (χ3n) is 3.57. The Morgan fingerprint density at radius 3 is 2.88 bits per heavy atom. The van der Waals surface area contributed by atoms with Gasteiger partial charge in [-0.15, -0.1) is 0 Å². The Kier molecular flexibility index (Phi) is 6.60. The highest BCUT2D eigenvalue weighted by molar-refractivity contribution is 5.74. The van der Waals surface area contributed by atoms with Gasteiger partial charge in [0.25, 0.3) is 0 Å². The number of rotatable bonds is 8. The maximum absolute atomic E-state index is 12.3. The molecule has 1 N–H and O–H groups in total. The van der Waals surface area contributed by atoms with E-state index in [1.54, 1.807) is 23.5 Å². The van der Waals surface area contributed by atoms with E-state index in [2.05, 4.69) is 15.4 Å². The molecule has 2 aromatic heterocycles. The van der Waals surface area contributed by atoms with Crippen LogP contribution >= 0.6 is 0 Å². The van der Waals surface area contributed by atoms with E-state index < -0.39 is 0 Å². The lowest BCUT2D eigenvalue weighted by molar-refractivity contribution is 0.182. The van der Waals surface area contributed by atoms with Crippen LogP contribution in [0.1, 0.15) is 26.3 Å². The van der Waals surface area contributed by atoms with Gasteiger partial charge < -0.3 is 15.0 Å². The predicted molar refractivity (Wildman–Crippen MR) is 91.7 cm³/mol. The van der Waals surface area contributed by atoms with Crippen LogP contribution in [-0.2, 0) is 13.1 Å². The van der Waals surface area contributed by atoms with Crippen LogP contribution in [0, 0.1) is 0 Å². The summed E-state index contributed by atoms with van der Waals surface area (Å²) < 4.78 is 7.56. The van der Waals surface area contributed by atoms with E-state index in [0.29, 0.717) is 25.4 Å². The standard InChI is InChI=1S/C17H25N5O2/c1-4-21(12-15-10-20-22(5-2)13-15)17(23)19-9-14(3)24-16-7-6-8-18-11-16/h6-8,10-11,13-14H,4-5,9,12H2,1-3H3,(H,19,23)/t14-/m1/s1. The van der Waals surface area contributed by atoms with Crippen molar-refractivity contribution in [2.24, 2.45) is 0 Å². The zero-order valence-corrected chi connectivity index (χ0v) is 14.5. The number of carbonyl (C=O) groups is 1. The summed E-state index contributed by atoms with van der Waals surface area (Å²) in [4.78, 5) is 18.1. The first-order valence-electron chi connectivity index (χ1n) is 8.23. The molecule has 24 heavy (non-hydrogen) atoms. The molecule has 0 spiro atoms. The van der Waals surface area contributed by atoms with Gasteiger partial charge in [-0.2, -0.15) is 5.10 Å². The zero-order chi connectivity index (χ0) is 17.4. The lowest BCUT2D eigenvalue weighted by Gasteiger charge is -2.22. The number of ether oxygens (including phenoxy) is 1. The van der Waals surface area contributed by atoms with Crippen molar-refractivity contribution in [3.8, 4) is 5.75 Å². The summed E-state index contributed by atoms with van der Waals surface area (Å²) in [6.07, 6.45) is 6.97. The van der Waals surface area contributed by atoms with Crippen LogP contribution in [0.25, 0.3) is 0 Å². The van der Waals surface area contributed by atoms with Gasteiger partial charge in [0.1, 0.15) is 11.9 Å². The maximum atomic E-state index is 12.3. The van der Waals surface area contributed by atoms with E-state index in [9.17, 15) is 4.79 Å². The SMILES string of the molecule is CCN(Cc1cnn(CC)c1)C(=O)NC[C@@H](C)Oc1cccnc1. The number of pyridine rings is 1. The summed E-state index contributed by atoms with van der Waals surface area (Å²) in [5.74, 6) is 0.693. The molecule has 2 aromatic rings. The van der Waals surface area contributed by atoms with E-state index in [1.807, 2.05) is 43.8 Å². The van der Waals surface area contributed by atoms with Crippen LogP contribution < -0.4 is 10.1 Å². The fraction of sp³-hybridized carbons (Fsp3) is 0.471. The first-order chi connectivity index (χ1) is 11.6. The Labute approximate surface area is 142 Å². The number of aryl methyl sites for hydroxylation is 1. The van der Waals surface area contributed by atoms with Crippen LogP contribution in [0.2, 0.25) is 0 Å². The topological polar surface area (TPSA) is 72.3 Å². The Morgan fingerprint density at radius 2 is 2.25 bits per heavy atom. The molecule has 2 rings (SSSR count). The monoisotopic (exact) mass is 331 g/mol. The quantitative estimate of drug-likeness (QED) is 0.805. The molecule has 0 bridgehead atoms. The van der Waals surface area contributed by atoms with Gasteiger partial charge >= 0.3 is 6.03 Å². The lowest BCUT2D eigenvalue weighted by Crippen LogP contribution is -2.42. The summed E-state index contributed by atoms with van der Waals surface area (Å²) in [5, 5.41) is 7.14. The fourth-order valence-corrected chi connectivity index (χ4v) is 2.24. The van der Waals surface area contributed by atoms with Crippen LogP contribution in [0.4, 0.5) is 4.79 Å². The molecule has 0 aliphatic carbocycles. The second kappa shape index (κ2) is 8.90. The molecular weight excluding hydrogens is 306 g/mol. The highest BCUT2D eigenvalue weighted by Gasteiger charge is 2.14. The largest absolute Gasteiger partial charge is 0.487 e. The maximum Gasteiger partial charge on any atom is 0.317 e. The number of carbonyl (C=O) groups excluding carboxylic acids is 1. The molecule has 0 unspecified atom stereocenters. The first kappa shape index (κ1) is 17.8. The molecule has 0 aliphatic heterocycles. The van der Waals surface area contributed by atoms with Crippen molar-refractivity contribution in [1.82, 2.24) is 25.0 Å². The third-order valence-corrected chi connectivity index (χ3v) is 3.57. The number of hydrogen-bond donors (Lipinski definition) is 1. The molecule has 0 saturated heterocycles. The summed E-state index contributed by atoms with van der Waals surface area (Å²) >= 11 is 0. The smallest absolute Gasteiger partial charge is 0.317 e. The molecule has 7 heteroatoms. The minimum Gasteiger partial charge on any atom is -0.487 e. The molecule has 1 atom stereocenters. The Balaban J connectivity index is 1.80. The molecule has 0 radical (unpaired) electrons. The molecule has 0 aliphatic rings. The van der Waals surface area contributed by atoms with E-state index >= 15 is 0 Å². The number of nitrogens with one attached hydrogen (secondary N) is 1. The van der Waals surface area contributed by atoms with Gasteiger partial charge in [0.2, 0.25) is 0 Å². The minimum atomic E-state index is -0.139. The highest BCUT2D eigenvalue weighted by atomic mass is 16.5. The van der Waals surface area contributed by atoms with Gasteiger partial charge in [-0.25, -0.2) is 4.79 Å². The zero-order valence-electron chi connectivity index (χ0n) is 14.5. The van der Waals surface area contributed by atoms with E-state index in [4.69, 9.17) is 4.74 Å². The van der Waals surface area contributed by atoms with Crippen molar-refractivity contribution in [1.29, 1.82) is 0 Å². The van der Waals surface area contributed by atoms with Gasteiger partial charge in [-0.3, -0.25) is 9.67 Å². The normalized spacial score (nSPS) is 11.8. The Morgan fingerprint density at radius 1 is 1.42 bits per heavy atom. The summed E-state index contributed by atoms with van der Waals surface area (Å²) in [6.45, 7) is 8.32. The van der Waals surface area contributed by atoms with Crippen LogP contribution in [-0.4, -0.2) is 44.9 Å². The van der Waals surface area contributed by atoms with Gasteiger partial charge in [0.05, 0.1) is 25.5 Å². The number of aromatic nitrogens is 3. The van der Waals surface area contributed by atoms with E-state index in [0.717, 1.165) is 12.1 Å². The highest BCUT2D eigenvalue weighted by Crippen LogP contribution is 2.09. The molecule has 0 saturated carbocycles. The average molecular weight is 331 g/mol. The molecule has 0 aromatic carbocycles. The molecule has 130 valence electrons. The second-order valence-electron chi connectivity index (χ2n) is 5.52. The summed E-state index contributed by atoms with van der Waals surface area (Å²) in [5.41, 5.74) is 1.02. The summed E-state index contributed by atoms with van der Waals surface area (Å²) in [7, 11) is 0. The summed E-state index contributed by atoms with van der Waals surface area (Å²) in [6, 6.07) is 3.55. The predicted octanol–water partition coefficient (Wildman–Crippen LogP) is 2.30. The molecule has 0 fully saturated rings. The van der Waals surface area contributed by atoms with Crippen molar-refractivity contribution in [2.75, 3.05) is 13.1 Å². The number of amides is 2. The molecule has 2 amide bonds. The fourth-order valence-electron chi connectivity index (χ4n) is 2.24. The van der Waals surface area contributed by atoms with Gasteiger partial charge in [0, 0.05) is 31.0 Å². The Hall–Kier alpha value is -2.57. The number of hydrogen-bond acceptors (Lipinski definition) is 4. The number of nitrogens with zero attached hydrogens (tertiary/aromatic N) is 4. The average Bonchev–Trinajstić information content (AvgIpc) is 3.06. The van der Waals surface area contributed by atoms with Crippen molar-refractivity contribution in [3.63, 3.8) is 0 Å². The molecule has 2 heterocycles. The van der Waals surface area contributed by atoms with Crippen molar-refractivity contribution in [3.05, 3.63) is 42.5 Å². The molecular formula is C17H25N5O2.